The minimum Gasteiger partial charge on any atom is -0.355 e. The standard InChI is InChI=1S/C17H17N7O/c1-23(7-4-18)17(25)11-3-6-24(9-11)16-14-12-2-5-19-15(12)20-8-13(14)21-10-22-16/h2,5,8,10-11H,3,6-7,9H2,1H3,(H,21,22). The third-order valence-electron chi connectivity index (χ3n) is 4.69. The maximum atomic E-state index is 12.4. The van der Waals surface area contributed by atoms with Crippen LogP contribution in [0.25, 0.3) is 21.9 Å². The molecule has 4 rings (SSSR count). The van der Waals surface area contributed by atoms with Gasteiger partial charge in [0.15, 0.2) is 5.65 Å². The summed E-state index contributed by atoms with van der Waals surface area (Å²) in [7, 11) is 1.67. The number of carbonyl (C=O) groups is 1. The van der Waals surface area contributed by atoms with Crippen LogP contribution in [-0.4, -0.2) is 57.4 Å². The highest BCUT2D eigenvalue weighted by atomic mass is 16.2. The number of pyridine rings is 1. The number of aromatic amines is 1. The van der Waals surface area contributed by atoms with E-state index in [0.29, 0.717) is 12.2 Å². The Morgan fingerprint density at radius 1 is 1.48 bits per heavy atom. The molecule has 0 radical (unpaired) electrons. The molecule has 8 nitrogen and oxygen atoms in total. The van der Waals surface area contributed by atoms with Crippen LogP contribution in [0.3, 0.4) is 0 Å². The zero-order valence-corrected chi connectivity index (χ0v) is 13.8. The van der Waals surface area contributed by atoms with E-state index in [4.69, 9.17) is 5.26 Å². The fraction of sp³-hybridized carbons (Fsp3) is 0.353. The summed E-state index contributed by atoms with van der Waals surface area (Å²) in [5.74, 6) is 0.736. The van der Waals surface area contributed by atoms with Gasteiger partial charge in [0.05, 0.1) is 35.4 Å². The summed E-state index contributed by atoms with van der Waals surface area (Å²) in [6.45, 7) is 1.46. The number of fused-ring (bicyclic) bond motifs is 3. The molecule has 1 N–H and O–H groups in total. The van der Waals surface area contributed by atoms with E-state index >= 15 is 0 Å². The Bertz CT molecular complexity index is 989. The zero-order valence-electron chi connectivity index (χ0n) is 13.8. The van der Waals surface area contributed by atoms with Crippen molar-refractivity contribution in [1.29, 1.82) is 5.26 Å². The lowest BCUT2D eigenvalue weighted by molar-refractivity contribution is -0.132. The predicted molar refractivity (Wildman–Crippen MR) is 92.8 cm³/mol. The number of anilines is 1. The topological polar surface area (TPSA) is 102 Å². The van der Waals surface area contributed by atoms with E-state index in [9.17, 15) is 4.79 Å². The van der Waals surface area contributed by atoms with Crippen LogP contribution in [0, 0.1) is 17.2 Å². The molecule has 0 spiro atoms. The molecule has 0 aromatic carbocycles. The highest BCUT2D eigenvalue weighted by Gasteiger charge is 2.31. The van der Waals surface area contributed by atoms with Gasteiger partial charge in [0.2, 0.25) is 5.91 Å². The first kappa shape index (κ1) is 15.3. The SMILES string of the molecule is CN(CC#N)C(=O)C1CCN(c2nc[nH]c3cnc4nccc4c23)C1. The van der Waals surface area contributed by atoms with Gasteiger partial charge in [-0.25, -0.2) is 15.0 Å². The van der Waals surface area contributed by atoms with Crippen LogP contribution in [0.1, 0.15) is 6.42 Å². The lowest BCUT2D eigenvalue weighted by Crippen LogP contribution is -2.35. The van der Waals surface area contributed by atoms with Crippen molar-refractivity contribution in [3.63, 3.8) is 0 Å². The molecule has 4 heterocycles. The Hall–Kier alpha value is -3.21. The van der Waals surface area contributed by atoms with Crippen LogP contribution in [0.2, 0.25) is 0 Å². The van der Waals surface area contributed by atoms with Crippen LogP contribution < -0.4 is 4.90 Å². The smallest absolute Gasteiger partial charge is 0.228 e. The maximum absolute atomic E-state index is 12.4. The number of nitrogens with one attached hydrogen (secondary N) is 1. The highest BCUT2D eigenvalue weighted by molar-refractivity contribution is 6.09. The third-order valence-corrected chi connectivity index (χ3v) is 4.69. The van der Waals surface area contributed by atoms with Gasteiger partial charge in [-0.15, -0.1) is 0 Å². The van der Waals surface area contributed by atoms with Gasteiger partial charge >= 0.3 is 0 Å². The first-order chi connectivity index (χ1) is 12.2. The average Bonchev–Trinajstić information content (AvgIpc) is 3.30. The lowest BCUT2D eigenvalue weighted by Gasteiger charge is -2.21. The molecular formula is C17H17N7O. The van der Waals surface area contributed by atoms with Gasteiger partial charge in [-0.2, -0.15) is 5.26 Å². The Balaban J connectivity index is 1.68. The molecule has 1 aliphatic heterocycles. The molecule has 8 heteroatoms. The summed E-state index contributed by atoms with van der Waals surface area (Å²) < 4.78 is 0. The van der Waals surface area contributed by atoms with Crippen molar-refractivity contribution in [3.8, 4) is 6.07 Å². The van der Waals surface area contributed by atoms with Gasteiger partial charge < -0.3 is 14.8 Å². The molecule has 1 unspecified atom stereocenters. The van der Waals surface area contributed by atoms with Crippen LogP contribution >= 0.6 is 0 Å². The molecule has 1 saturated heterocycles. The van der Waals surface area contributed by atoms with Gasteiger partial charge in [-0.3, -0.25) is 4.79 Å². The molecule has 0 saturated carbocycles. The number of H-pyrrole nitrogens is 1. The van der Waals surface area contributed by atoms with E-state index < -0.39 is 0 Å². The molecule has 126 valence electrons. The Morgan fingerprint density at radius 3 is 3.20 bits per heavy atom. The fourth-order valence-corrected chi connectivity index (χ4v) is 3.43. The zero-order chi connectivity index (χ0) is 17.4. The molecular weight excluding hydrogens is 318 g/mol. The normalized spacial score (nSPS) is 17.1. The number of amides is 1. The van der Waals surface area contributed by atoms with Crippen LogP contribution in [-0.2, 0) is 4.79 Å². The minimum atomic E-state index is -0.116. The Kier molecular flexibility index (Phi) is 3.69. The third kappa shape index (κ3) is 2.54. The first-order valence-electron chi connectivity index (χ1n) is 8.12. The van der Waals surface area contributed by atoms with Crippen molar-refractivity contribution in [2.24, 2.45) is 5.92 Å². The monoisotopic (exact) mass is 335 g/mol. The van der Waals surface area contributed by atoms with Crippen molar-refractivity contribution >= 4 is 33.7 Å². The summed E-state index contributed by atoms with van der Waals surface area (Å²) in [5, 5.41) is 10.7. The lowest BCUT2D eigenvalue weighted by atomic mass is 10.1. The Labute approximate surface area is 144 Å². The summed E-state index contributed by atoms with van der Waals surface area (Å²) in [6.07, 6.45) is 5.90. The number of hydrogen-bond donors (Lipinski definition) is 1. The number of nitrogens with zero attached hydrogens (tertiary/aromatic N) is 6. The van der Waals surface area contributed by atoms with E-state index in [1.54, 1.807) is 25.8 Å². The van der Waals surface area contributed by atoms with E-state index in [2.05, 4.69) is 24.8 Å². The quantitative estimate of drug-likeness (QED) is 0.724. The van der Waals surface area contributed by atoms with Crippen molar-refractivity contribution in [1.82, 2.24) is 24.8 Å². The number of rotatable bonds is 3. The van der Waals surface area contributed by atoms with E-state index in [-0.39, 0.29) is 18.4 Å². The second-order valence-corrected chi connectivity index (χ2v) is 6.24. The fourth-order valence-electron chi connectivity index (χ4n) is 3.43. The van der Waals surface area contributed by atoms with Gasteiger partial charge in [-0.05, 0) is 12.5 Å². The van der Waals surface area contributed by atoms with Gasteiger partial charge in [0.1, 0.15) is 12.4 Å². The summed E-state index contributed by atoms with van der Waals surface area (Å²) in [4.78, 5) is 32.3. The molecule has 1 aliphatic rings. The molecule has 0 bridgehead atoms. The van der Waals surface area contributed by atoms with Crippen molar-refractivity contribution in [2.75, 3.05) is 31.6 Å². The van der Waals surface area contributed by atoms with Crippen molar-refractivity contribution < 1.29 is 4.79 Å². The predicted octanol–water partition coefficient (Wildman–Crippen LogP) is 1.31. The molecule has 3 aromatic rings. The number of carbonyl (C=O) groups excluding carboxylic acids is 1. The average molecular weight is 335 g/mol. The molecule has 1 fully saturated rings. The second-order valence-electron chi connectivity index (χ2n) is 6.24. The molecule has 3 aromatic heterocycles. The summed E-state index contributed by atoms with van der Waals surface area (Å²) in [5.41, 5.74) is 1.58. The van der Waals surface area contributed by atoms with Crippen LogP contribution in [0.5, 0.6) is 0 Å². The second kappa shape index (κ2) is 6.02. The number of nitriles is 1. The molecule has 25 heavy (non-hydrogen) atoms. The molecule has 1 amide bonds. The number of aromatic nitrogens is 4. The summed E-state index contributed by atoms with van der Waals surface area (Å²) in [6, 6.07) is 3.95. The first-order valence-corrected chi connectivity index (χ1v) is 8.12. The van der Waals surface area contributed by atoms with E-state index in [1.807, 2.05) is 12.1 Å². The minimum absolute atomic E-state index is 0.0117. The van der Waals surface area contributed by atoms with Gasteiger partial charge in [0, 0.05) is 31.7 Å². The van der Waals surface area contributed by atoms with Crippen molar-refractivity contribution in [3.05, 3.63) is 24.8 Å². The molecule has 1 atom stereocenters. The van der Waals surface area contributed by atoms with Crippen LogP contribution in [0.4, 0.5) is 5.82 Å². The van der Waals surface area contributed by atoms with Crippen LogP contribution in [0.15, 0.2) is 24.8 Å². The van der Waals surface area contributed by atoms with Crippen molar-refractivity contribution in [2.45, 2.75) is 6.42 Å². The maximum Gasteiger partial charge on any atom is 0.228 e. The van der Waals surface area contributed by atoms with E-state index in [0.717, 1.165) is 35.1 Å². The highest BCUT2D eigenvalue weighted by Crippen LogP contribution is 2.32. The summed E-state index contributed by atoms with van der Waals surface area (Å²) >= 11 is 0. The van der Waals surface area contributed by atoms with Gasteiger partial charge in [0.25, 0.3) is 0 Å². The molecule has 0 aliphatic carbocycles. The largest absolute Gasteiger partial charge is 0.355 e. The Morgan fingerprint density at radius 2 is 2.36 bits per heavy atom. The van der Waals surface area contributed by atoms with E-state index in [1.165, 1.54) is 4.90 Å². The van der Waals surface area contributed by atoms with Gasteiger partial charge in [-0.1, -0.05) is 0 Å². The number of hydrogen-bond acceptors (Lipinski definition) is 6.